The minimum absolute atomic E-state index is 0.0303. The predicted molar refractivity (Wildman–Crippen MR) is 174 cm³/mol. The van der Waals surface area contributed by atoms with Gasteiger partial charge in [0.1, 0.15) is 17.2 Å². The van der Waals surface area contributed by atoms with Gasteiger partial charge in [0.15, 0.2) is 0 Å². The van der Waals surface area contributed by atoms with E-state index in [1.165, 1.54) is 22.3 Å². The fourth-order valence-corrected chi connectivity index (χ4v) is 5.06. The fourth-order valence-electron chi connectivity index (χ4n) is 5.06. The van der Waals surface area contributed by atoms with E-state index in [0.717, 1.165) is 22.4 Å². The first-order valence-corrected chi connectivity index (χ1v) is 14.5. The van der Waals surface area contributed by atoms with Crippen molar-refractivity contribution in [2.45, 2.75) is 45.4 Å². The number of hydrogen-bond donors (Lipinski definition) is 0. The lowest BCUT2D eigenvalue weighted by molar-refractivity contribution is 0.152. The van der Waals surface area contributed by atoms with Gasteiger partial charge in [0, 0.05) is 5.41 Å². The monoisotopic (exact) mass is 570 g/mol. The van der Waals surface area contributed by atoms with E-state index in [1.54, 1.807) is 31.4 Å². The van der Waals surface area contributed by atoms with Gasteiger partial charge in [0.25, 0.3) is 0 Å². The van der Waals surface area contributed by atoms with Crippen LogP contribution in [0.2, 0.25) is 0 Å². The summed E-state index contributed by atoms with van der Waals surface area (Å²) < 4.78 is 16.0. The minimum Gasteiger partial charge on any atom is -0.497 e. The molecule has 0 radical (unpaired) electrons. The van der Waals surface area contributed by atoms with Gasteiger partial charge < -0.3 is 14.2 Å². The van der Waals surface area contributed by atoms with Crippen molar-refractivity contribution in [2.75, 3.05) is 7.11 Å². The molecule has 0 amide bonds. The van der Waals surface area contributed by atoms with E-state index in [-0.39, 0.29) is 10.8 Å². The van der Waals surface area contributed by atoms with Crippen LogP contribution in [-0.4, -0.2) is 13.3 Å². The second-order valence-corrected chi connectivity index (χ2v) is 12.3. The van der Waals surface area contributed by atoms with E-state index < -0.39 is 6.16 Å². The number of carbonyl (C=O) groups is 1. The first kappa shape index (κ1) is 29.7. The molecule has 218 valence electrons. The molecule has 0 saturated heterocycles. The van der Waals surface area contributed by atoms with Gasteiger partial charge in [-0.15, -0.1) is 0 Å². The first-order chi connectivity index (χ1) is 20.5. The van der Waals surface area contributed by atoms with Gasteiger partial charge in [0.2, 0.25) is 0 Å². The van der Waals surface area contributed by atoms with Gasteiger partial charge >= 0.3 is 6.16 Å². The Labute approximate surface area is 254 Å². The molecule has 0 aromatic heterocycles. The number of hydrogen-bond acceptors (Lipinski definition) is 4. The molecule has 0 N–H and O–H groups in total. The summed E-state index contributed by atoms with van der Waals surface area (Å²) in [6, 6.07) is 40.5. The Bertz CT molecular complexity index is 1660. The van der Waals surface area contributed by atoms with Gasteiger partial charge in [0.05, 0.1) is 7.11 Å². The van der Waals surface area contributed by atoms with Crippen LogP contribution in [0.15, 0.2) is 121 Å². The van der Waals surface area contributed by atoms with Crippen LogP contribution in [0.25, 0.3) is 22.3 Å². The Balaban J connectivity index is 1.21. The summed E-state index contributed by atoms with van der Waals surface area (Å²) in [4.78, 5) is 12.3. The van der Waals surface area contributed by atoms with Crippen molar-refractivity contribution < 1.29 is 19.0 Å². The standard InChI is InChI=1S/C39H38O4/c1-38(2,3)31-19-25-36(26-20-31)43-37(40)42-35-23-13-30(14-24-35)28-9-17-33(18-10-28)39(4,5)32-15-7-27(8-16-32)29-11-21-34(41-6)22-12-29/h7-26H,1-6H3. The molecule has 0 heterocycles. The summed E-state index contributed by atoms with van der Waals surface area (Å²) in [5, 5.41) is 0. The molecule has 4 heteroatoms. The highest BCUT2D eigenvalue weighted by molar-refractivity contribution is 5.69. The van der Waals surface area contributed by atoms with E-state index in [0.29, 0.717) is 11.5 Å². The highest BCUT2D eigenvalue weighted by atomic mass is 16.7. The van der Waals surface area contributed by atoms with Crippen LogP contribution in [0.1, 0.15) is 51.3 Å². The molecule has 0 aliphatic carbocycles. The molecule has 0 fully saturated rings. The molecule has 0 spiro atoms. The SMILES string of the molecule is COc1ccc(-c2ccc(C(C)(C)c3ccc(-c4ccc(OC(=O)Oc5ccc(C(C)(C)C)cc5)cc4)cc3)cc2)cc1. The Kier molecular flexibility index (Phi) is 8.40. The van der Waals surface area contributed by atoms with Crippen LogP contribution in [-0.2, 0) is 10.8 Å². The van der Waals surface area contributed by atoms with Gasteiger partial charge in [-0.05, 0) is 80.8 Å². The number of rotatable bonds is 7. The summed E-state index contributed by atoms with van der Waals surface area (Å²) >= 11 is 0. The van der Waals surface area contributed by atoms with Crippen molar-refractivity contribution in [3.8, 4) is 39.5 Å². The smallest absolute Gasteiger partial charge is 0.497 e. The van der Waals surface area contributed by atoms with Crippen molar-refractivity contribution in [2.24, 2.45) is 0 Å². The lowest BCUT2D eigenvalue weighted by Gasteiger charge is -2.26. The second-order valence-electron chi connectivity index (χ2n) is 12.3. The largest absolute Gasteiger partial charge is 0.519 e. The summed E-state index contributed by atoms with van der Waals surface area (Å²) in [6.45, 7) is 10.9. The molecule has 5 aromatic carbocycles. The quantitative estimate of drug-likeness (QED) is 0.144. The summed E-state index contributed by atoms with van der Waals surface area (Å²) in [5.41, 5.74) is 7.96. The molecule has 0 atom stereocenters. The van der Waals surface area contributed by atoms with E-state index >= 15 is 0 Å². The Morgan fingerprint density at radius 3 is 1.09 bits per heavy atom. The van der Waals surface area contributed by atoms with E-state index in [1.807, 2.05) is 36.4 Å². The molecule has 0 aliphatic rings. The predicted octanol–water partition coefficient (Wildman–Crippen LogP) is 10.2. The maximum absolute atomic E-state index is 12.3. The zero-order valence-electron chi connectivity index (χ0n) is 25.7. The lowest BCUT2D eigenvalue weighted by atomic mass is 9.77. The maximum atomic E-state index is 12.3. The van der Waals surface area contributed by atoms with Crippen LogP contribution < -0.4 is 14.2 Å². The normalized spacial score (nSPS) is 11.6. The van der Waals surface area contributed by atoms with Crippen molar-refractivity contribution in [1.82, 2.24) is 0 Å². The zero-order valence-corrected chi connectivity index (χ0v) is 25.7. The lowest BCUT2D eigenvalue weighted by Crippen LogP contribution is -2.18. The Hall–Kier alpha value is -4.83. The van der Waals surface area contributed by atoms with Crippen LogP contribution in [0, 0.1) is 0 Å². The topological polar surface area (TPSA) is 44.8 Å². The first-order valence-electron chi connectivity index (χ1n) is 14.5. The Morgan fingerprint density at radius 1 is 0.442 bits per heavy atom. The van der Waals surface area contributed by atoms with E-state index in [4.69, 9.17) is 14.2 Å². The van der Waals surface area contributed by atoms with Crippen molar-refractivity contribution in [3.63, 3.8) is 0 Å². The van der Waals surface area contributed by atoms with Gasteiger partial charge in [-0.1, -0.05) is 120 Å². The average Bonchev–Trinajstić information content (AvgIpc) is 3.01. The molecule has 43 heavy (non-hydrogen) atoms. The highest BCUT2D eigenvalue weighted by Crippen LogP contribution is 2.35. The van der Waals surface area contributed by atoms with E-state index in [2.05, 4.69) is 95.3 Å². The number of ether oxygens (including phenoxy) is 3. The van der Waals surface area contributed by atoms with Gasteiger partial charge in [-0.25, -0.2) is 4.79 Å². The molecule has 0 unspecified atom stereocenters. The van der Waals surface area contributed by atoms with Gasteiger partial charge in [-0.3, -0.25) is 0 Å². The number of benzene rings is 5. The third kappa shape index (κ3) is 6.98. The third-order valence-corrected chi connectivity index (χ3v) is 7.95. The zero-order chi connectivity index (χ0) is 30.6. The van der Waals surface area contributed by atoms with E-state index in [9.17, 15) is 4.79 Å². The number of methoxy groups -OCH3 is 1. The molecular weight excluding hydrogens is 532 g/mol. The molecule has 5 aromatic rings. The second kappa shape index (κ2) is 12.2. The molecular formula is C39H38O4. The van der Waals surface area contributed by atoms with Crippen molar-refractivity contribution in [3.05, 3.63) is 138 Å². The number of carbonyl (C=O) groups excluding carboxylic acids is 1. The van der Waals surface area contributed by atoms with Crippen LogP contribution in [0.4, 0.5) is 4.79 Å². The molecule has 0 bridgehead atoms. The van der Waals surface area contributed by atoms with Crippen LogP contribution >= 0.6 is 0 Å². The molecule has 0 aliphatic heterocycles. The third-order valence-electron chi connectivity index (χ3n) is 7.95. The fraction of sp³-hybridized carbons (Fsp3) is 0.205. The van der Waals surface area contributed by atoms with Crippen molar-refractivity contribution in [1.29, 1.82) is 0 Å². The Morgan fingerprint density at radius 2 is 0.744 bits per heavy atom. The van der Waals surface area contributed by atoms with Crippen molar-refractivity contribution >= 4 is 6.16 Å². The summed E-state index contributed by atoms with van der Waals surface area (Å²) in [7, 11) is 1.68. The van der Waals surface area contributed by atoms with Gasteiger partial charge in [-0.2, -0.15) is 0 Å². The van der Waals surface area contributed by atoms with Crippen LogP contribution in [0.5, 0.6) is 17.2 Å². The van der Waals surface area contributed by atoms with Crippen LogP contribution in [0.3, 0.4) is 0 Å². The maximum Gasteiger partial charge on any atom is 0.519 e. The minimum atomic E-state index is -0.764. The molecule has 5 rings (SSSR count). The summed E-state index contributed by atoms with van der Waals surface area (Å²) in [6.07, 6.45) is -0.764. The highest BCUT2D eigenvalue weighted by Gasteiger charge is 2.23. The average molecular weight is 571 g/mol. The molecule has 0 saturated carbocycles. The molecule has 4 nitrogen and oxygen atoms in total. The summed E-state index contributed by atoms with van der Waals surface area (Å²) in [5.74, 6) is 1.73.